The van der Waals surface area contributed by atoms with Gasteiger partial charge in [0.2, 0.25) is 0 Å². The molecule has 1 aromatic heterocycles. The van der Waals surface area contributed by atoms with Gasteiger partial charge in [0.25, 0.3) is 17.6 Å². The molecule has 0 saturated carbocycles. The van der Waals surface area contributed by atoms with Crippen LogP contribution in [0.5, 0.6) is 5.75 Å². The van der Waals surface area contributed by atoms with E-state index in [4.69, 9.17) is 0 Å². The Hall–Kier alpha value is -4.08. The molecule has 0 bridgehead atoms. The van der Waals surface area contributed by atoms with Crippen LogP contribution in [0.2, 0.25) is 0 Å². The molecule has 2 aromatic carbocycles. The Labute approximate surface area is 200 Å². The molecule has 182 valence electrons. The topological polar surface area (TPSA) is 84.7 Å². The smallest absolute Gasteiger partial charge is 0.387 e. The van der Waals surface area contributed by atoms with Crippen molar-refractivity contribution in [2.24, 2.45) is 0 Å². The number of amides is 2. The summed E-state index contributed by atoms with van der Waals surface area (Å²) in [6.45, 7) is 0.955. The first-order valence-electron chi connectivity index (χ1n) is 11.1. The van der Waals surface area contributed by atoms with Crippen LogP contribution in [0.3, 0.4) is 0 Å². The number of rotatable bonds is 6. The Morgan fingerprint density at radius 2 is 1.49 bits per heavy atom. The van der Waals surface area contributed by atoms with E-state index in [-0.39, 0.29) is 43.1 Å². The zero-order valence-corrected chi connectivity index (χ0v) is 19.3. The van der Waals surface area contributed by atoms with E-state index < -0.39 is 24.2 Å². The lowest BCUT2D eigenvalue weighted by Crippen LogP contribution is -2.52. The summed E-state index contributed by atoms with van der Waals surface area (Å²) in [5.41, 5.74) is 2.08. The molecular formula is C25H24F2N4O4. The Bertz CT molecular complexity index is 1250. The molecule has 2 heterocycles. The largest absolute Gasteiger partial charge is 0.434 e. The van der Waals surface area contributed by atoms with E-state index in [1.807, 2.05) is 30.3 Å². The van der Waals surface area contributed by atoms with Gasteiger partial charge in [-0.2, -0.15) is 13.9 Å². The van der Waals surface area contributed by atoms with E-state index in [2.05, 4.69) is 9.84 Å². The lowest BCUT2D eigenvalue weighted by molar-refractivity contribution is -0.127. The zero-order chi connectivity index (χ0) is 25.1. The number of benzene rings is 2. The van der Waals surface area contributed by atoms with Crippen LogP contribution in [0.15, 0.2) is 54.6 Å². The van der Waals surface area contributed by atoms with Crippen LogP contribution in [0.1, 0.15) is 32.1 Å². The van der Waals surface area contributed by atoms with Crippen molar-refractivity contribution < 1.29 is 27.9 Å². The van der Waals surface area contributed by atoms with Crippen molar-refractivity contribution in [3.8, 4) is 11.4 Å². The first kappa shape index (κ1) is 24.1. The summed E-state index contributed by atoms with van der Waals surface area (Å²) in [7, 11) is 0. The average molecular weight is 482 g/mol. The van der Waals surface area contributed by atoms with Crippen molar-refractivity contribution in [1.29, 1.82) is 0 Å². The van der Waals surface area contributed by atoms with Crippen LogP contribution in [-0.2, 0) is 4.79 Å². The summed E-state index contributed by atoms with van der Waals surface area (Å²) < 4.78 is 31.5. The summed E-state index contributed by atoms with van der Waals surface area (Å²) >= 11 is 0. The number of carbonyl (C=O) groups excluding carboxylic acids is 3. The number of halogens is 2. The van der Waals surface area contributed by atoms with Crippen molar-refractivity contribution in [2.75, 3.05) is 26.2 Å². The van der Waals surface area contributed by atoms with Gasteiger partial charge in [0.1, 0.15) is 5.75 Å². The monoisotopic (exact) mass is 482 g/mol. The second-order valence-electron chi connectivity index (χ2n) is 8.08. The highest BCUT2D eigenvalue weighted by Crippen LogP contribution is 2.23. The maximum atomic E-state index is 13.1. The lowest BCUT2D eigenvalue weighted by Gasteiger charge is -2.34. The molecule has 0 N–H and O–H groups in total. The molecule has 35 heavy (non-hydrogen) atoms. The maximum absolute atomic E-state index is 13.1. The minimum Gasteiger partial charge on any atom is -0.434 e. The molecule has 0 atom stereocenters. The third-order valence-corrected chi connectivity index (χ3v) is 5.90. The fraction of sp³-hybridized carbons (Fsp3) is 0.280. The second-order valence-corrected chi connectivity index (χ2v) is 8.08. The highest BCUT2D eigenvalue weighted by atomic mass is 19.3. The van der Waals surface area contributed by atoms with Gasteiger partial charge in [0.05, 0.1) is 28.2 Å². The number of carbonyl (C=O) groups is 3. The molecule has 0 spiro atoms. The fourth-order valence-electron chi connectivity index (χ4n) is 4.17. The normalized spacial score (nSPS) is 13.7. The second kappa shape index (κ2) is 10.0. The molecule has 1 saturated heterocycles. The Balaban J connectivity index is 1.44. The van der Waals surface area contributed by atoms with Gasteiger partial charge >= 0.3 is 6.61 Å². The van der Waals surface area contributed by atoms with E-state index in [1.54, 1.807) is 24.6 Å². The van der Waals surface area contributed by atoms with E-state index in [0.717, 1.165) is 5.69 Å². The molecule has 0 radical (unpaired) electrons. The number of hydrogen-bond donors (Lipinski definition) is 0. The lowest BCUT2D eigenvalue weighted by atomic mass is 10.1. The zero-order valence-electron chi connectivity index (χ0n) is 19.3. The Morgan fingerprint density at radius 1 is 0.886 bits per heavy atom. The van der Waals surface area contributed by atoms with E-state index >= 15 is 0 Å². The molecule has 10 heteroatoms. The first-order chi connectivity index (χ1) is 16.8. The molecule has 0 aliphatic carbocycles. The van der Waals surface area contributed by atoms with Crippen LogP contribution >= 0.6 is 0 Å². The van der Waals surface area contributed by atoms with Gasteiger partial charge < -0.3 is 14.5 Å². The summed E-state index contributed by atoms with van der Waals surface area (Å²) in [5.74, 6) is -2.01. The van der Waals surface area contributed by atoms with Crippen molar-refractivity contribution >= 4 is 17.6 Å². The molecular weight excluding hydrogens is 458 g/mol. The summed E-state index contributed by atoms with van der Waals surface area (Å²) in [5, 5.41) is 4.43. The number of Topliss-reactive ketones (excluding diaryl/α,β-unsaturated/α-hetero) is 1. The quantitative estimate of drug-likeness (QED) is 0.398. The van der Waals surface area contributed by atoms with Crippen molar-refractivity contribution in [1.82, 2.24) is 19.6 Å². The van der Waals surface area contributed by atoms with E-state index in [9.17, 15) is 23.2 Å². The highest BCUT2D eigenvalue weighted by molar-refractivity contribution is 6.43. The minimum absolute atomic E-state index is 0.0169. The van der Waals surface area contributed by atoms with Gasteiger partial charge in [-0.25, -0.2) is 4.68 Å². The van der Waals surface area contributed by atoms with Gasteiger partial charge in [-0.05, 0) is 38.1 Å². The van der Waals surface area contributed by atoms with Crippen molar-refractivity contribution in [3.05, 3.63) is 77.1 Å². The standard InChI is InChI=1S/C25H24F2N4O4/c1-16-21(17(2)31(28-16)18-8-4-3-5-9-18)22(32)24(34)30-14-12-29(13-15-30)23(33)19-10-6-7-11-20(19)35-25(26)27/h3-11,25H,12-15H2,1-2H3. The molecule has 8 nitrogen and oxygen atoms in total. The number of ketones is 1. The molecule has 0 unspecified atom stereocenters. The van der Waals surface area contributed by atoms with Crippen molar-refractivity contribution in [3.63, 3.8) is 0 Å². The molecule has 1 fully saturated rings. The molecule has 1 aliphatic rings. The number of aryl methyl sites for hydroxylation is 1. The van der Waals surface area contributed by atoms with Gasteiger partial charge in [0, 0.05) is 26.2 Å². The fourth-order valence-corrected chi connectivity index (χ4v) is 4.17. The minimum atomic E-state index is -3.05. The predicted octanol–water partition coefficient (Wildman–Crippen LogP) is 3.26. The van der Waals surface area contributed by atoms with Crippen LogP contribution in [0.25, 0.3) is 5.69 Å². The maximum Gasteiger partial charge on any atom is 0.387 e. The SMILES string of the molecule is Cc1nn(-c2ccccc2)c(C)c1C(=O)C(=O)N1CCN(C(=O)c2ccccc2OC(F)F)CC1. The van der Waals surface area contributed by atoms with Crippen LogP contribution in [0.4, 0.5) is 8.78 Å². The number of para-hydroxylation sites is 2. The van der Waals surface area contributed by atoms with Crippen LogP contribution in [-0.4, -0.2) is 70.0 Å². The Morgan fingerprint density at radius 3 is 2.14 bits per heavy atom. The van der Waals surface area contributed by atoms with Gasteiger partial charge in [-0.3, -0.25) is 14.4 Å². The van der Waals surface area contributed by atoms with Crippen LogP contribution in [0, 0.1) is 13.8 Å². The van der Waals surface area contributed by atoms with Crippen molar-refractivity contribution in [2.45, 2.75) is 20.5 Å². The molecule has 4 rings (SSSR count). The third kappa shape index (κ3) is 4.91. The summed E-state index contributed by atoms with van der Waals surface area (Å²) in [4.78, 5) is 41.8. The molecule has 1 aliphatic heterocycles. The highest BCUT2D eigenvalue weighted by Gasteiger charge is 2.32. The third-order valence-electron chi connectivity index (χ3n) is 5.90. The molecule has 3 aromatic rings. The average Bonchev–Trinajstić information content (AvgIpc) is 3.17. The van der Waals surface area contributed by atoms with E-state index in [1.165, 1.54) is 28.0 Å². The van der Waals surface area contributed by atoms with Gasteiger partial charge in [-0.1, -0.05) is 30.3 Å². The summed E-state index contributed by atoms with van der Waals surface area (Å²) in [6, 6.07) is 15.1. The number of nitrogens with zero attached hydrogens (tertiary/aromatic N) is 4. The van der Waals surface area contributed by atoms with Crippen LogP contribution < -0.4 is 4.74 Å². The predicted molar refractivity (Wildman–Crippen MR) is 123 cm³/mol. The number of ether oxygens (including phenoxy) is 1. The van der Waals surface area contributed by atoms with Gasteiger partial charge in [-0.15, -0.1) is 0 Å². The van der Waals surface area contributed by atoms with E-state index in [0.29, 0.717) is 11.4 Å². The summed E-state index contributed by atoms with van der Waals surface area (Å²) in [6.07, 6.45) is 0. The molecule has 2 amide bonds. The number of alkyl halides is 2. The number of piperazine rings is 1. The Kier molecular flexibility index (Phi) is 6.90. The van der Waals surface area contributed by atoms with Gasteiger partial charge in [0.15, 0.2) is 0 Å². The number of hydrogen-bond acceptors (Lipinski definition) is 5. The first-order valence-corrected chi connectivity index (χ1v) is 11.1. The number of aromatic nitrogens is 2.